The van der Waals surface area contributed by atoms with Gasteiger partial charge in [-0.15, -0.1) is 0 Å². The molecule has 8 heteroatoms. The van der Waals surface area contributed by atoms with E-state index < -0.39 is 5.91 Å². The van der Waals surface area contributed by atoms with Crippen LogP contribution in [0.2, 0.25) is 10.0 Å². The average Bonchev–Trinajstić information content (AvgIpc) is 2.60. The van der Waals surface area contributed by atoms with Gasteiger partial charge in [-0.25, -0.2) is 4.39 Å². The maximum Gasteiger partial charge on any atom is 0.275 e. The summed E-state index contributed by atoms with van der Waals surface area (Å²) in [6, 6.07) is 10.5. The summed E-state index contributed by atoms with van der Waals surface area (Å²) in [7, 11) is 0. The molecule has 0 aliphatic carbocycles. The van der Waals surface area contributed by atoms with Crippen molar-refractivity contribution in [2.24, 2.45) is 0 Å². The smallest absolute Gasteiger partial charge is 0.275 e. The van der Waals surface area contributed by atoms with Crippen molar-refractivity contribution in [3.05, 3.63) is 63.9 Å². The third kappa shape index (κ3) is 6.29. The number of rotatable bonds is 7. The van der Waals surface area contributed by atoms with Crippen molar-refractivity contribution in [1.82, 2.24) is 5.32 Å². The van der Waals surface area contributed by atoms with Gasteiger partial charge in [-0.2, -0.15) is 0 Å². The van der Waals surface area contributed by atoms with Gasteiger partial charge in [0, 0.05) is 16.3 Å². The normalized spacial score (nSPS) is 11.7. The Morgan fingerprint density at radius 3 is 2.46 bits per heavy atom. The standard InChI is InChI=1S/C18H18Cl2FN3O2/c1-11(15-7-2-12(19)8-16(15)20)22-9-17(25)23-10-18(26)24-14-5-3-13(21)4-6-14/h2-8,11,22H,9-10H2,1H3,(H,23,25)(H,24,26)/p+1/t11-/m0/s1. The minimum Gasteiger partial charge on any atom is -0.342 e. The summed E-state index contributed by atoms with van der Waals surface area (Å²) in [5.41, 5.74) is 1.33. The molecule has 2 rings (SSSR count). The van der Waals surface area contributed by atoms with Crippen LogP contribution in [0.5, 0.6) is 0 Å². The maximum absolute atomic E-state index is 12.8. The van der Waals surface area contributed by atoms with Crippen LogP contribution >= 0.6 is 23.2 Å². The zero-order valence-electron chi connectivity index (χ0n) is 14.1. The summed E-state index contributed by atoms with van der Waals surface area (Å²) in [5, 5.41) is 8.00. The number of hydrogen-bond acceptors (Lipinski definition) is 2. The quantitative estimate of drug-likeness (QED) is 0.670. The highest BCUT2D eigenvalue weighted by molar-refractivity contribution is 6.35. The average molecular weight is 399 g/mol. The molecule has 0 heterocycles. The Bertz CT molecular complexity index is 785. The molecular weight excluding hydrogens is 380 g/mol. The van der Waals surface area contributed by atoms with E-state index in [4.69, 9.17) is 23.2 Å². The molecule has 0 spiro atoms. The van der Waals surface area contributed by atoms with E-state index in [1.165, 1.54) is 24.3 Å². The molecule has 0 bridgehead atoms. The van der Waals surface area contributed by atoms with E-state index >= 15 is 0 Å². The van der Waals surface area contributed by atoms with Crippen molar-refractivity contribution >= 4 is 40.7 Å². The number of benzene rings is 2. The largest absolute Gasteiger partial charge is 0.342 e. The van der Waals surface area contributed by atoms with Crippen LogP contribution in [0.1, 0.15) is 18.5 Å². The maximum atomic E-state index is 12.8. The third-order valence-electron chi connectivity index (χ3n) is 3.68. The first-order valence-corrected chi connectivity index (χ1v) is 8.71. The molecule has 0 saturated heterocycles. The van der Waals surface area contributed by atoms with Crippen LogP contribution in [0.15, 0.2) is 42.5 Å². The van der Waals surface area contributed by atoms with Gasteiger partial charge < -0.3 is 16.0 Å². The number of halogens is 3. The van der Waals surface area contributed by atoms with Gasteiger partial charge in [0.15, 0.2) is 6.54 Å². The monoisotopic (exact) mass is 398 g/mol. The minimum atomic E-state index is -0.390. The summed E-state index contributed by atoms with van der Waals surface area (Å²) < 4.78 is 12.8. The molecule has 0 aliphatic rings. The Hall–Kier alpha value is -2.15. The highest BCUT2D eigenvalue weighted by Crippen LogP contribution is 2.24. The third-order valence-corrected chi connectivity index (χ3v) is 4.25. The molecule has 0 unspecified atom stereocenters. The van der Waals surface area contributed by atoms with Crippen LogP contribution in [-0.2, 0) is 9.59 Å². The number of hydrogen-bond donors (Lipinski definition) is 3. The zero-order chi connectivity index (χ0) is 19.1. The molecule has 5 nitrogen and oxygen atoms in total. The summed E-state index contributed by atoms with van der Waals surface area (Å²) in [6.45, 7) is 1.90. The second-order valence-corrected chi connectivity index (χ2v) is 6.57. The summed E-state index contributed by atoms with van der Waals surface area (Å²) >= 11 is 12.0. The molecule has 0 radical (unpaired) electrons. The molecule has 0 fully saturated rings. The molecule has 4 N–H and O–H groups in total. The first kappa shape index (κ1) is 20.2. The Morgan fingerprint density at radius 1 is 1.12 bits per heavy atom. The molecule has 0 aliphatic heterocycles. The number of carbonyl (C=O) groups is 2. The lowest BCUT2D eigenvalue weighted by Crippen LogP contribution is -2.87. The molecule has 2 aromatic carbocycles. The van der Waals surface area contributed by atoms with Crippen molar-refractivity contribution < 1.29 is 19.3 Å². The Kier molecular flexibility index (Phi) is 7.38. The van der Waals surface area contributed by atoms with E-state index in [1.54, 1.807) is 12.1 Å². The molecule has 1 atom stereocenters. The van der Waals surface area contributed by atoms with E-state index in [1.807, 2.05) is 18.3 Å². The Morgan fingerprint density at radius 2 is 1.81 bits per heavy atom. The lowest BCUT2D eigenvalue weighted by Gasteiger charge is -2.13. The van der Waals surface area contributed by atoms with Crippen LogP contribution in [-0.4, -0.2) is 24.9 Å². The first-order valence-electron chi connectivity index (χ1n) is 7.95. The molecule has 26 heavy (non-hydrogen) atoms. The second-order valence-electron chi connectivity index (χ2n) is 5.73. The molecule has 0 aromatic heterocycles. The lowest BCUT2D eigenvalue weighted by molar-refractivity contribution is -0.682. The Balaban J connectivity index is 1.74. The summed E-state index contributed by atoms with van der Waals surface area (Å²) in [5.74, 6) is -1.06. The van der Waals surface area contributed by atoms with Gasteiger partial charge in [-0.05, 0) is 43.3 Å². The van der Waals surface area contributed by atoms with E-state index in [9.17, 15) is 14.0 Å². The van der Waals surface area contributed by atoms with Gasteiger partial charge in [-0.1, -0.05) is 29.3 Å². The molecule has 2 aromatic rings. The van der Waals surface area contributed by atoms with Gasteiger partial charge in [0.1, 0.15) is 11.9 Å². The number of nitrogens with one attached hydrogen (secondary N) is 2. The Labute approximate surface area is 160 Å². The highest BCUT2D eigenvalue weighted by atomic mass is 35.5. The lowest BCUT2D eigenvalue weighted by atomic mass is 10.1. The first-order chi connectivity index (χ1) is 12.3. The number of carbonyl (C=O) groups excluding carboxylic acids is 2. The van der Waals surface area contributed by atoms with Gasteiger partial charge in [0.05, 0.1) is 11.6 Å². The van der Waals surface area contributed by atoms with Crippen molar-refractivity contribution in [2.75, 3.05) is 18.4 Å². The van der Waals surface area contributed by atoms with Gasteiger partial charge in [0.2, 0.25) is 5.91 Å². The predicted octanol–water partition coefficient (Wildman–Crippen LogP) is 2.51. The van der Waals surface area contributed by atoms with E-state index in [0.717, 1.165) is 5.56 Å². The summed E-state index contributed by atoms with van der Waals surface area (Å²) in [4.78, 5) is 23.7. The van der Waals surface area contributed by atoms with E-state index in [2.05, 4.69) is 10.6 Å². The van der Waals surface area contributed by atoms with E-state index in [0.29, 0.717) is 15.7 Å². The fourth-order valence-corrected chi connectivity index (χ4v) is 2.85. The number of quaternary nitrogens is 1. The second kappa shape index (κ2) is 9.52. The van der Waals surface area contributed by atoms with Crippen LogP contribution < -0.4 is 16.0 Å². The van der Waals surface area contributed by atoms with Gasteiger partial charge in [-0.3, -0.25) is 9.59 Å². The van der Waals surface area contributed by atoms with Crippen LogP contribution in [0.25, 0.3) is 0 Å². The number of nitrogens with two attached hydrogens (primary N) is 1. The van der Waals surface area contributed by atoms with E-state index in [-0.39, 0.29) is 30.9 Å². The highest BCUT2D eigenvalue weighted by Gasteiger charge is 2.15. The van der Waals surface area contributed by atoms with Crippen molar-refractivity contribution in [3.63, 3.8) is 0 Å². The van der Waals surface area contributed by atoms with Crippen molar-refractivity contribution in [3.8, 4) is 0 Å². The van der Waals surface area contributed by atoms with Crippen LogP contribution in [0.4, 0.5) is 10.1 Å². The number of amides is 2. The van der Waals surface area contributed by atoms with Crippen LogP contribution in [0, 0.1) is 5.82 Å². The summed E-state index contributed by atoms with van der Waals surface area (Å²) in [6.07, 6.45) is 0. The van der Waals surface area contributed by atoms with Gasteiger partial charge in [0.25, 0.3) is 5.91 Å². The fraction of sp³-hybridized carbons (Fsp3) is 0.222. The molecular formula is C18H19Cl2FN3O2+. The minimum absolute atomic E-state index is 0.0430. The topological polar surface area (TPSA) is 74.8 Å². The zero-order valence-corrected chi connectivity index (χ0v) is 15.6. The molecule has 2 amide bonds. The predicted molar refractivity (Wildman–Crippen MR) is 99.7 cm³/mol. The molecule has 0 saturated carbocycles. The molecule has 138 valence electrons. The SMILES string of the molecule is C[C@H]([NH2+]CC(=O)NCC(=O)Nc1ccc(F)cc1)c1ccc(Cl)cc1Cl. The van der Waals surface area contributed by atoms with Crippen LogP contribution in [0.3, 0.4) is 0 Å². The fourth-order valence-electron chi connectivity index (χ4n) is 2.27. The van der Waals surface area contributed by atoms with Crippen molar-refractivity contribution in [1.29, 1.82) is 0 Å². The van der Waals surface area contributed by atoms with Crippen molar-refractivity contribution in [2.45, 2.75) is 13.0 Å². The van der Waals surface area contributed by atoms with Gasteiger partial charge >= 0.3 is 0 Å². The number of anilines is 1.